The van der Waals surface area contributed by atoms with Gasteiger partial charge >= 0.3 is 6.01 Å². The van der Waals surface area contributed by atoms with E-state index < -0.39 is 30.1 Å². The number of aliphatic hydroxyl groups is 3. The van der Waals surface area contributed by atoms with E-state index in [0.29, 0.717) is 6.29 Å². The van der Waals surface area contributed by atoms with Crippen LogP contribution in [0.3, 0.4) is 0 Å². The molecule has 0 unspecified atom stereocenters. The molecule has 1 saturated heterocycles. The molecule has 1 aliphatic rings. The van der Waals surface area contributed by atoms with Crippen LogP contribution in [-0.4, -0.2) is 69.4 Å². The highest BCUT2D eigenvalue weighted by molar-refractivity contribution is 5.82. The van der Waals surface area contributed by atoms with Gasteiger partial charge in [-0.3, -0.25) is 14.2 Å². The third kappa shape index (κ3) is 2.81. The average Bonchev–Trinajstić information content (AvgIpc) is 2.51. The molecule has 22 heavy (non-hydrogen) atoms. The van der Waals surface area contributed by atoms with Crippen LogP contribution in [-0.2, 0) is 11.8 Å². The maximum atomic E-state index is 12.0. The van der Waals surface area contributed by atoms with Gasteiger partial charge in [-0.25, -0.2) is 0 Å². The van der Waals surface area contributed by atoms with Crippen LogP contribution in [0.25, 0.3) is 0 Å². The monoisotopic (exact) mass is 315 g/mol. The molecule has 0 radical (unpaired) electrons. The predicted octanol–water partition coefficient (Wildman–Crippen LogP) is -2.55. The van der Waals surface area contributed by atoms with Gasteiger partial charge < -0.3 is 30.1 Å². The minimum absolute atomic E-state index is 0.0519. The first-order valence-electron chi connectivity index (χ1n) is 6.43. The molecule has 4 N–H and O–H groups in total. The Hall–Kier alpha value is -2.01. The predicted molar refractivity (Wildman–Crippen MR) is 72.8 cm³/mol. The summed E-state index contributed by atoms with van der Waals surface area (Å²) >= 11 is 0. The average molecular weight is 315 g/mol. The molecule has 0 saturated carbocycles. The fourth-order valence-corrected chi connectivity index (χ4v) is 2.07. The Kier molecular flexibility index (Phi) is 4.76. The third-order valence-electron chi connectivity index (χ3n) is 3.36. The molecular weight excluding hydrogens is 298 g/mol. The molecule has 10 heteroatoms. The van der Waals surface area contributed by atoms with Crippen LogP contribution in [0, 0.1) is 0 Å². The van der Waals surface area contributed by atoms with Crippen molar-refractivity contribution >= 4 is 12.1 Å². The summed E-state index contributed by atoms with van der Waals surface area (Å²) < 4.78 is 11.1. The van der Waals surface area contributed by atoms with E-state index in [-0.39, 0.29) is 24.0 Å². The first-order valence-corrected chi connectivity index (χ1v) is 6.43. The van der Waals surface area contributed by atoms with Gasteiger partial charge in [-0.2, -0.15) is 4.98 Å². The summed E-state index contributed by atoms with van der Waals surface area (Å²) in [5, 5.41) is 31.4. The molecule has 10 nitrogen and oxygen atoms in total. The standard InChI is InChI=1S/C12H17N3O7/c1-15-11(20)5(3-16)9(14-12(15)21-2)13-10-8(19)7(18)6(17)4-22-10/h3,6-8,10,13,17-19H,4H2,1-2H3/t6-,7-,8-,10-/m1/s1. The number of hydrogen-bond acceptors (Lipinski definition) is 9. The van der Waals surface area contributed by atoms with E-state index in [4.69, 9.17) is 9.47 Å². The van der Waals surface area contributed by atoms with Gasteiger partial charge in [-0.05, 0) is 0 Å². The minimum Gasteiger partial charge on any atom is -0.468 e. The molecule has 1 aromatic rings. The van der Waals surface area contributed by atoms with E-state index >= 15 is 0 Å². The lowest BCUT2D eigenvalue weighted by Gasteiger charge is -2.35. The number of aromatic nitrogens is 2. The highest BCUT2D eigenvalue weighted by Crippen LogP contribution is 2.19. The van der Waals surface area contributed by atoms with Crippen molar-refractivity contribution in [2.75, 3.05) is 19.0 Å². The maximum absolute atomic E-state index is 12.0. The normalized spacial score (nSPS) is 28.2. The molecule has 0 amide bonds. The second-order valence-corrected chi connectivity index (χ2v) is 4.79. The number of carbonyl (C=O) groups is 1. The fraction of sp³-hybridized carbons (Fsp3) is 0.583. The Morgan fingerprint density at radius 3 is 2.68 bits per heavy atom. The number of aliphatic hydroxyl groups excluding tert-OH is 3. The number of anilines is 1. The van der Waals surface area contributed by atoms with Gasteiger partial charge in [0, 0.05) is 7.05 Å². The van der Waals surface area contributed by atoms with Crippen LogP contribution in [0.2, 0.25) is 0 Å². The highest BCUT2D eigenvalue weighted by atomic mass is 16.5. The van der Waals surface area contributed by atoms with Crippen molar-refractivity contribution in [1.82, 2.24) is 9.55 Å². The van der Waals surface area contributed by atoms with Gasteiger partial charge in [0.25, 0.3) is 5.56 Å². The van der Waals surface area contributed by atoms with Crippen molar-refractivity contribution in [2.45, 2.75) is 24.5 Å². The van der Waals surface area contributed by atoms with Gasteiger partial charge in [-0.15, -0.1) is 0 Å². The van der Waals surface area contributed by atoms with E-state index in [2.05, 4.69) is 10.3 Å². The van der Waals surface area contributed by atoms with Crippen molar-refractivity contribution in [2.24, 2.45) is 7.05 Å². The summed E-state index contributed by atoms with van der Waals surface area (Å²) in [7, 11) is 2.69. The Balaban J connectivity index is 2.35. The molecule has 0 bridgehead atoms. The molecule has 1 aromatic heterocycles. The molecule has 122 valence electrons. The second kappa shape index (κ2) is 6.40. The van der Waals surface area contributed by atoms with Crippen LogP contribution >= 0.6 is 0 Å². The molecule has 0 spiro atoms. The summed E-state index contributed by atoms with van der Waals surface area (Å²) in [5.41, 5.74) is -0.921. The number of nitrogens with one attached hydrogen (secondary N) is 1. The molecular formula is C12H17N3O7. The van der Waals surface area contributed by atoms with E-state index in [0.717, 1.165) is 4.57 Å². The summed E-state index contributed by atoms with van der Waals surface area (Å²) in [6.07, 6.45) is -4.97. The number of carbonyl (C=O) groups excluding carboxylic acids is 1. The van der Waals surface area contributed by atoms with Gasteiger partial charge in [0.2, 0.25) is 0 Å². The Morgan fingerprint density at radius 2 is 2.09 bits per heavy atom. The van der Waals surface area contributed by atoms with Crippen LogP contribution < -0.4 is 15.6 Å². The zero-order valence-electron chi connectivity index (χ0n) is 12.0. The Bertz CT molecular complexity index is 617. The minimum atomic E-state index is -1.47. The van der Waals surface area contributed by atoms with Gasteiger partial charge in [0.05, 0.1) is 13.7 Å². The topological polar surface area (TPSA) is 143 Å². The smallest absolute Gasteiger partial charge is 0.300 e. The fourth-order valence-electron chi connectivity index (χ4n) is 2.07. The number of nitrogens with zero attached hydrogens (tertiary/aromatic N) is 2. The van der Waals surface area contributed by atoms with Crippen LogP contribution in [0.15, 0.2) is 4.79 Å². The van der Waals surface area contributed by atoms with Crippen molar-refractivity contribution < 1.29 is 29.6 Å². The van der Waals surface area contributed by atoms with E-state index in [1.165, 1.54) is 14.2 Å². The second-order valence-electron chi connectivity index (χ2n) is 4.79. The largest absolute Gasteiger partial charge is 0.468 e. The SMILES string of the molecule is COc1nc(N[C@@H]2OC[C@@H](O)[C@@H](O)[C@H]2O)c(C=O)c(=O)n1C. The quantitative estimate of drug-likeness (QED) is 0.441. The third-order valence-corrected chi connectivity index (χ3v) is 3.36. The zero-order chi connectivity index (χ0) is 16.4. The number of hydrogen-bond donors (Lipinski definition) is 4. The maximum Gasteiger partial charge on any atom is 0.300 e. The summed E-state index contributed by atoms with van der Waals surface area (Å²) in [6, 6.07) is -0.0519. The van der Waals surface area contributed by atoms with Crippen LogP contribution in [0.4, 0.5) is 5.82 Å². The van der Waals surface area contributed by atoms with E-state index in [1.807, 2.05) is 0 Å². The molecule has 1 aliphatic heterocycles. The molecule has 0 aliphatic carbocycles. The molecule has 4 atom stereocenters. The number of ether oxygens (including phenoxy) is 2. The van der Waals surface area contributed by atoms with Gasteiger partial charge in [-0.1, -0.05) is 0 Å². The van der Waals surface area contributed by atoms with Crippen molar-refractivity contribution in [3.05, 3.63) is 15.9 Å². The van der Waals surface area contributed by atoms with E-state index in [9.17, 15) is 24.9 Å². The van der Waals surface area contributed by atoms with E-state index in [1.54, 1.807) is 0 Å². The summed E-state index contributed by atoms with van der Waals surface area (Å²) in [5.74, 6) is -0.150. The molecule has 2 rings (SSSR count). The van der Waals surface area contributed by atoms with Crippen LogP contribution in [0.1, 0.15) is 10.4 Å². The summed E-state index contributed by atoms with van der Waals surface area (Å²) in [6.45, 7) is -0.228. The molecule has 2 heterocycles. The Morgan fingerprint density at radius 1 is 1.41 bits per heavy atom. The van der Waals surface area contributed by atoms with Crippen molar-refractivity contribution in [3.8, 4) is 6.01 Å². The van der Waals surface area contributed by atoms with Crippen molar-refractivity contribution in [1.29, 1.82) is 0 Å². The first kappa shape index (κ1) is 16.4. The number of methoxy groups -OCH3 is 1. The number of aldehydes is 1. The number of rotatable bonds is 4. The molecule has 0 aromatic carbocycles. The van der Waals surface area contributed by atoms with Gasteiger partial charge in [0.1, 0.15) is 29.7 Å². The van der Waals surface area contributed by atoms with Crippen LogP contribution in [0.5, 0.6) is 6.01 Å². The van der Waals surface area contributed by atoms with Crippen molar-refractivity contribution in [3.63, 3.8) is 0 Å². The lowest BCUT2D eigenvalue weighted by molar-refractivity contribution is -0.178. The zero-order valence-corrected chi connectivity index (χ0v) is 12.0. The first-order chi connectivity index (χ1) is 10.4. The lowest BCUT2D eigenvalue weighted by Crippen LogP contribution is -2.55. The molecule has 1 fully saturated rings. The lowest BCUT2D eigenvalue weighted by atomic mass is 10.0. The highest BCUT2D eigenvalue weighted by Gasteiger charge is 2.38. The summed E-state index contributed by atoms with van der Waals surface area (Å²) in [4.78, 5) is 27.1. The van der Waals surface area contributed by atoms with Gasteiger partial charge in [0.15, 0.2) is 12.5 Å². The Labute approximate surface area is 124 Å².